The number of hydrogen-bond donors (Lipinski definition) is 0. The van der Waals surface area contributed by atoms with Crippen LogP contribution in [0.4, 0.5) is 0 Å². The van der Waals surface area contributed by atoms with Gasteiger partial charge in [0.1, 0.15) is 0 Å². The van der Waals surface area contributed by atoms with Crippen molar-refractivity contribution in [1.82, 2.24) is 0 Å². The lowest BCUT2D eigenvalue weighted by Gasteiger charge is -1.90. The minimum absolute atomic E-state index is 0. The lowest BCUT2D eigenvalue weighted by atomic mass is 10.4. The molecule has 0 bridgehead atoms. The molecule has 1 nitrogen and oxygen atoms in total. The number of ether oxygens (including phenoxy) is 1. The third kappa shape index (κ3) is 34.3. The molecule has 0 rings (SSSR count). The Morgan fingerprint density at radius 2 is 1.67 bits per heavy atom. The van der Waals surface area contributed by atoms with Gasteiger partial charge in [0, 0.05) is 7.11 Å². The summed E-state index contributed by atoms with van der Waals surface area (Å²) in [6.07, 6.45) is 0. The predicted octanol–water partition coefficient (Wildman–Crippen LogP) is 3.12. The van der Waals surface area contributed by atoms with Crippen LogP contribution in [0.1, 0.15) is 29.2 Å². The molecule has 60 valence electrons. The van der Waals surface area contributed by atoms with Gasteiger partial charge in [-0.3, -0.25) is 0 Å². The summed E-state index contributed by atoms with van der Waals surface area (Å²) in [6.45, 7) is 6.23. The predicted molar refractivity (Wildman–Crippen MR) is 46.9 cm³/mol. The van der Waals surface area contributed by atoms with Crippen molar-refractivity contribution in [1.29, 1.82) is 0 Å². The molecule has 0 fully saturated rings. The number of methoxy groups -OCH3 is 1. The first-order valence-corrected chi connectivity index (χ1v) is 1.90. The van der Waals surface area contributed by atoms with E-state index in [2.05, 4.69) is 6.58 Å². The molecule has 1 heteroatoms. The van der Waals surface area contributed by atoms with E-state index in [0.717, 1.165) is 5.57 Å². The van der Waals surface area contributed by atoms with E-state index < -0.39 is 0 Å². The Bertz CT molecular complexity index is 48.5. The molecular formula is C8H22O. The van der Waals surface area contributed by atoms with Crippen molar-refractivity contribution < 1.29 is 4.74 Å². The first kappa shape index (κ1) is 23.4. The molecule has 0 saturated heterocycles. The maximum absolute atomic E-state index is 4.70. The summed E-state index contributed by atoms with van der Waals surface area (Å²) in [6, 6.07) is 0. The maximum atomic E-state index is 4.70. The van der Waals surface area contributed by atoms with Gasteiger partial charge in [-0.2, -0.15) is 0 Å². The average Bonchev–Trinajstić information content (AvgIpc) is 1.35. The van der Waals surface area contributed by atoms with Crippen LogP contribution in [0.3, 0.4) is 0 Å². The molecule has 0 atom stereocenters. The quantitative estimate of drug-likeness (QED) is 0.527. The number of rotatable bonds is 2. The van der Waals surface area contributed by atoms with Crippen LogP contribution < -0.4 is 0 Å². The fourth-order valence-electron chi connectivity index (χ4n) is 0.246. The van der Waals surface area contributed by atoms with Gasteiger partial charge in [-0.05, 0) is 6.92 Å². The van der Waals surface area contributed by atoms with E-state index >= 15 is 0 Å². The standard InChI is InChI=1S/C5H10O.3CH4/c1-5(2)4-6-3;;;/h1,4H2,2-3H3;3*1H4. The molecule has 0 amide bonds. The summed E-state index contributed by atoms with van der Waals surface area (Å²) < 4.78 is 4.70. The summed E-state index contributed by atoms with van der Waals surface area (Å²) >= 11 is 0. The second-order valence-corrected chi connectivity index (χ2v) is 1.39. The summed E-state index contributed by atoms with van der Waals surface area (Å²) in [5, 5.41) is 0. The Labute approximate surface area is 60.7 Å². The molecule has 0 aromatic rings. The van der Waals surface area contributed by atoms with Crippen LogP contribution in [-0.4, -0.2) is 13.7 Å². The highest BCUT2D eigenvalue weighted by atomic mass is 16.5. The fraction of sp³-hybridized carbons (Fsp3) is 0.750. The molecular weight excluding hydrogens is 112 g/mol. The first-order chi connectivity index (χ1) is 2.77. The van der Waals surface area contributed by atoms with E-state index in [1.165, 1.54) is 0 Å². The maximum Gasteiger partial charge on any atom is 0.0667 e. The van der Waals surface area contributed by atoms with Crippen LogP contribution >= 0.6 is 0 Å². The van der Waals surface area contributed by atoms with E-state index in [4.69, 9.17) is 4.74 Å². The third-order valence-electron chi connectivity index (χ3n) is 0.391. The third-order valence-corrected chi connectivity index (χ3v) is 0.391. The Hall–Kier alpha value is -0.300. The fourth-order valence-corrected chi connectivity index (χ4v) is 0.246. The normalized spacial score (nSPS) is 5.56. The topological polar surface area (TPSA) is 9.23 Å². The van der Waals surface area contributed by atoms with E-state index in [1.54, 1.807) is 7.11 Å². The summed E-state index contributed by atoms with van der Waals surface area (Å²) in [5.74, 6) is 0. The van der Waals surface area contributed by atoms with Gasteiger partial charge in [0.25, 0.3) is 0 Å². The zero-order valence-corrected chi connectivity index (χ0v) is 4.32. The molecule has 0 aliphatic heterocycles. The van der Waals surface area contributed by atoms with Crippen molar-refractivity contribution in [3.63, 3.8) is 0 Å². The number of hydrogen-bond acceptors (Lipinski definition) is 1. The summed E-state index contributed by atoms with van der Waals surface area (Å²) in [4.78, 5) is 0. The van der Waals surface area contributed by atoms with Crippen LogP contribution in [-0.2, 0) is 4.74 Å². The van der Waals surface area contributed by atoms with E-state index in [1.807, 2.05) is 6.92 Å². The monoisotopic (exact) mass is 134 g/mol. The Balaban J connectivity index is -0.0000000417. The summed E-state index contributed by atoms with van der Waals surface area (Å²) in [5.41, 5.74) is 1.07. The van der Waals surface area contributed by atoms with Gasteiger partial charge in [0.05, 0.1) is 6.61 Å². The zero-order chi connectivity index (χ0) is 4.99. The van der Waals surface area contributed by atoms with E-state index in [-0.39, 0.29) is 22.3 Å². The summed E-state index contributed by atoms with van der Waals surface area (Å²) in [7, 11) is 1.66. The molecule has 0 unspecified atom stereocenters. The van der Waals surface area contributed by atoms with Crippen molar-refractivity contribution in [3.05, 3.63) is 12.2 Å². The highest BCUT2D eigenvalue weighted by molar-refractivity contribution is 4.86. The van der Waals surface area contributed by atoms with Crippen molar-refractivity contribution in [2.75, 3.05) is 13.7 Å². The zero-order valence-electron chi connectivity index (χ0n) is 4.32. The Morgan fingerprint density at radius 3 is 1.67 bits per heavy atom. The lowest BCUT2D eigenvalue weighted by molar-refractivity contribution is 0.226. The molecule has 0 spiro atoms. The van der Waals surface area contributed by atoms with Crippen LogP contribution in [0.2, 0.25) is 0 Å². The van der Waals surface area contributed by atoms with Crippen LogP contribution in [0.5, 0.6) is 0 Å². The second kappa shape index (κ2) is 15.6. The SMILES string of the molecule is C.C.C.C=C(C)COC. The van der Waals surface area contributed by atoms with E-state index in [0.29, 0.717) is 6.61 Å². The lowest BCUT2D eigenvalue weighted by Crippen LogP contribution is -1.85. The molecule has 9 heavy (non-hydrogen) atoms. The van der Waals surface area contributed by atoms with Crippen LogP contribution in [0, 0.1) is 0 Å². The van der Waals surface area contributed by atoms with Gasteiger partial charge in [0.2, 0.25) is 0 Å². The largest absolute Gasteiger partial charge is 0.380 e. The van der Waals surface area contributed by atoms with E-state index in [9.17, 15) is 0 Å². The molecule has 0 N–H and O–H groups in total. The Morgan fingerprint density at radius 1 is 1.33 bits per heavy atom. The van der Waals surface area contributed by atoms with Crippen molar-refractivity contribution >= 4 is 0 Å². The van der Waals surface area contributed by atoms with Gasteiger partial charge >= 0.3 is 0 Å². The average molecular weight is 134 g/mol. The van der Waals surface area contributed by atoms with Gasteiger partial charge in [-0.15, -0.1) is 0 Å². The molecule has 0 radical (unpaired) electrons. The molecule has 0 aromatic carbocycles. The molecule has 0 heterocycles. The Kier molecular flexibility index (Phi) is 40.6. The van der Waals surface area contributed by atoms with Gasteiger partial charge in [-0.25, -0.2) is 0 Å². The molecule has 0 aromatic heterocycles. The highest BCUT2D eigenvalue weighted by Crippen LogP contribution is 1.82. The van der Waals surface area contributed by atoms with Crippen molar-refractivity contribution in [2.45, 2.75) is 29.2 Å². The minimum atomic E-state index is 0. The van der Waals surface area contributed by atoms with Gasteiger partial charge in [-0.1, -0.05) is 34.4 Å². The minimum Gasteiger partial charge on any atom is -0.380 e. The second-order valence-electron chi connectivity index (χ2n) is 1.39. The van der Waals surface area contributed by atoms with Crippen LogP contribution in [0.15, 0.2) is 12.2 Å². The van der Waals surface area contributed by atoms with Crippen molar-refractivity contribution in [3.8, 4) is 0 Å². The molecule has 0 aliphatic carbocycles. The molecule has 0 aliphatic rings. The molecule has 0 saturated carbocycles. The van der Waals surface area contributed by atoms with Crippen molar-refractivity contribution in [2.24, 2.45) is 0 Å². The van der Waals surface area contributed by atoms with Crippen LogP contribution in [0.25, 0.3) is 0 Å². The first-order valence-electron chi connectivity index (χ1n) is 1.90. The highest BCUT2D eigenvalue weighted by Gasteiger charge is 1.75. The van der Waals surface area contributed by atoms with Gasteiger partial charge < -0.3 is 4.74 Å². The van der Waals surface area contributed by atoms with Gasteiger partial charge in [0.15, 0.2) is 0 Å². The smallest absolute Gasteiger partial charge is 0.0667 e.